The molecule has 0 bridgehead atoms. The van der Waals surface area contributed by atoms with Crippen molar-refractivity contribution in [2.24, 2.45) is 0 Å². The third kappa shape index (κ3) is 128. The average molecular weight is 465 g/mol. The van der Waals surface area contributed by atoms with Crippen LogP contribution in [-0.2, 0) is 0 Å². The van der Waals surface area contributed by atoms with E-state index in [2.05, 4.69) is 40.1 Å². The summed E-state index contributed by atoms with van der Waals surface area (Å²) in [5, 5.41) is 0. The fourth-order valence-corrected chi connectivity index (χ4v) is 0.941. The molecule has 170 valence electrons. The van der Waals surface area contributed by atoms with E-state index < -0.39 is 15.6 Å². The molecule has 0 amide bonds. The van der Waals surface area contributed by atoms with Gasteiger partial charge in [-0.1, -0.05) is 0 Å². The van der Waals surface area contributed by atoms with E-state index in [-0.39, 0.29) is 0 Å². The zero-order valence-electron chi connectivity index (χ0n) is 14.7. The number of likely N-dealkylation sites (N-methyl/N-ethyl adjacent to an activating group) is 3. The van der Waals surface area contributed by atoms with Crippen LogP contribution in [0, 0.1) is 0 Å². The number of nitrogens with zero attached hydrogens (tertiary/aromatic N) is 1. The number of hydrogen-bond acceptors (Lipinski definition) is 1. The molecule has 0 spiro atoms. The van der Waals surface area contributed by atoms with Crippen molar-refractivity contribution in [3.8, 4) is 0 Å². The SMILES string of the molecule is CN(CC[NH+](C)C)CC[NH+](C)C.F[P-](F)(F)(F)(F)F.F[P-](F)(F)(F)(F)F. The predicted octanol–water partition coefficient (Wildman–Crippen LogP) is 3.97. The maximum absolute atomic E-state index is 10.7. The fraction of sp³-hybridized carbons (Fsp3) is 1.00. The second-order valence-electron chi connectivity index (χ2n) is 6.13. The van der Waals surface area contributed by atoms with Crippen molar-refractivity contribution in [2.75, 3.05) is 61.4 Å². The van der Waals surface area contributed by atoms with Crippen molar-refractivity contribution in [3.05, 3.63) is 0 Å². The average Bonchev–Trinajstić information content (AvgIpc) is 2.13. The van der Waals surface area contributed by atoms with Gasteiger partial charge in [0.1, 0.15) is 0 Å². The zero-order valence-corrected chi connectivity index (χ0v) is 16.5. The van der Waals surface area contributed by atoms with Crippen LogP contribution in [0.4, 0.5) is 50.4 Å². The Morgan fingerprint density at radius 3 is 0.808 bits per heavy atom. The van der Waals surface area contributed by atoms with Crippen LogP contribution in [0.25, 0.3) is 0 Å². The summed E-state index contributed by atoms with van der Waals surface area (Å²) in [7, 11) is -10.3. The Morgan fingerprint density at radius 2 is 0.692 bits per heavy atom. The van der Waals surface area contributed by atoms with Gasteiger partial charge in [0.25, 0.3) is 0 Å². The van der Waals surface area contributed by atoms with Gasteiger partial charge < -0.3 is 9.80 Å². The molecule has 0 aromatic heterocycles. The number of halogens is 12. The Bertz CT molecular complexity index is 347. The molecule has 0 aromatic carbocycles. The van der Waals surface area contributed by atoms with Gasteiger partial charge in [-0.3, -0.25) is 4.90 Å². The molecule has 0 radical (unpaired) electrons. The third-order valence-corrected chi connectivity index (χ3v) is 1.99. The van der Waals surface area contributed by atoms with Crippen LogP contribution in [-0.4, -0.2) is 66.3 Å². The molecular formula is C9H25F12N3P2. The van der Waals surface area contributed by atoms with Crippen LogP contribution >= 0.6 is 15.6 Å². The first-order valence-corrected chi connectivity index (χ1v) is 10.9. The van der Waals surface area contributed by atoms with E-state index in [1.54, 1.807) is 0 Å². The van der Waals surface area contributed by atoms with Gasteiger partial charge in [-0.15, -0.1) is 0 Å². The Kier molecular flexibility index (Phi) is 9.10. The van der Waals surface area contributed by atoms with Gasteiger partial charge in [0.15, 0.2) is 0 Å². The van der Waals surface area contributed by atoms with E-state index >= 15 is 0 Å². The summed E-state index contributed by atoms with van der Waals surface area (Å²) in [4.78, 5) is 5.46. The van der Waals surface area contributed by atoms with Crippen molar-refractivity contribution in [1.29, 1.82) is 0 Å². The Hall–Kier alpha value is -0.100. The van der Waals surface area contributed by atoms with Crippen molar-refractivity contribution < 1.29 is 60.2 Å². The molecule has 0 atom stereocenters. The fourth-order valence-electron chi connectivity index (χ4n) is 0.941. The van der Waals surface area contributed by atoms with Crippen molar-refractivity contribution in [2.45, 2.75) is 0 Å². The second-order valence-corrected chi connectivity index (χ2v) is 9.97. The zero-order chi connectivity index (χ0) is 22.4. The van der Waals surface area contributed by atoms with E-state index in [1.807, 2.05) is 0 Å². The van der Waals surface area contributed by atoms with Gasteiger partial charge in [0.05, 0.1) is 41.3 Å². The standard InChI is InChI=1S/C9H23N3.2F6P/c1-10(2)6-8-12(5)9-7-11(3)4;2*1-7(2,3,4,5)6/h6-9H2,1-5H3;;/q;2*-1/p+2. The van der Waals surface area contributed by atoms with Crippen molar-refractivity contribution >= 4 is 15.6 Å². The third-order valence-electron chi connectivity index (χ3n) is 1.99. The molecule has 0 rings (SSSR count). The quantitative estimate of drug-likeness (QED) is 0.447. The first-order chi connectivity index (χ1) is 10.4. The molecule has 0 aliphatic rings. The van der Waals surface area contributed by atoms with E-state index in [9.17, 15) is 50.4 Å². The molecule has 0 unspecified atom stereocenters. The van der Waals surface area contributed by atoms with E-state index in [0.29, 0.717) is 0 Å². The Labute approximate surface area is 143 Å². The van der Waals surface area contributed by atoms with Crippen molar-refractivity contribution in [3.63, 3.8) is 0 Å². The Balaban J connectivity index is -0.000000326. The minimum atomic E-state index is -10.7. The molecule has 0 fully saturated rings. The summed E-state index contributed by atoms with van der Waals surface area (Å²) >= 11 is 0. The van der Waals surface area contributed by atoms with E-state index in [4.69, 9.17) is 0 Å². The summed E-state index contributed by atoms with van der Waals surface area (Å²) in [5.74, 6) is 0. The van der Waals surface area contributed by atoms with Gasteiger partial charge >= 0.3 is 66.0 Å². The molecule has 0 heterocycles. The normalized spacial score (nSPS) is 18.0. The summed E-state index contributed by atoms with van der Waals surface area (Å²) in [6, 6.07) is 0. The molecule has 0 aromatic rings. The van der Waals surface area contributed by atoms with Gasteiger partial charge in [-0.2, -0.15) is 0 Å². The molecule has 0 saturated carbocycles. The van der Waals surface area contributed by atoms with Crippen LogP contribution < -0.4 is 9.80 Å². The van der Waals surface area contributed by atoms with Crippen LogP contribution in [0.3, 0.4) is 0 Å². The van der Waals surface area contributed by atoms with Gasteiger partial charge in [-0.25, -0.2) is 0 Å². The molecule has 0 aliphatic carbocycles. The first-order valence-electron chi connectivity index (χ1n) is 6.82. The minimum absolute atomic E-state index is 1.20. The first kappa shape index (κ1) is 30.6. The van der Waals surface area contributed by atoms with Crippen LogP contribution in [0.1, 0.15) is 0 Å². The molecule has 26 heavy (non-hydrogen) atoms. The van der Waals surface area contributed by atoms with E-state index in [1.165, 1.54) is 36.0 Å². The summed E-state index contributed by atoms with van der Waals surface area (Å²) in [6.45, 7) is 4.88. The maximum atomic E-state index is 9.87. The van der Waals surface area contributed by atoms with Crippen LogP contribution in [0.15, 0.2) is 0 Å². The van der Waals surface area contributed by atoms with Crippen LogP contribution in [0.2, 0.25) is 0 Å². The number of hydrogen-bond donors (Lipinski definition) is 2. The number of rotatable bonds is 6. The Morgan fingerprint density at radius 1 is 0.538 bits per heavy atom. The summed E-state index contributed by atoms with van der Waals surface area (Å²) in [6.07, 6.45) is 0. The number of nitrogens with one attached hydrogen (secondary N) is 2. The monoisotopic (exact) mass is 465 g/mol. The molecule has 17 heteroatoms. The number of quaternary nitrogens is 2. The molecule has 2 N–H and O–H groups in total. The molecule has 0 aliphatic heterocycles. The molecule has 3 nitrogen and oxygen atoms in total. The second kappa shape index (κ2) is 7.73. The summed E-state index contributed by atoms with van der Waals surface area (Å²) in [5.41, 5.74) is 0. The summed E-state index contributed by atoms with van der Waals surface area (Å²) < 4.78 is 118. The van der Waals surface area contributed by atoms with Gasteiger partial charge in [0, 0.05) is 13.1 Å². The molecular weight excluding hydrogens is 440 g/mol. The topological polar surface area (TPSA) is 12.1 Å². The van der Waals surface area contributed by atoms with E-state index in [0.717, 1.165) is 0 Å². The van der Waals surface area contributed by atoms with Crippen LogP contribution in [0.5, 0.6) is 0 Å². The predicted molar refractivity (Wildman–Crippen MR) is 80.0 cm³/mol. The van der Waals surface area contributed by atoms with Gasteiger partial charge in [0.2, 0.25) is 0 Å². The molecule has 0 saturated heterocycles. The van der Waals surface area contributed by atoms with Crippen molar-refractivity contribution in [1.82, 2.24) is 4.90 Å². The van der Waals surface area contributed by atoms with Gasteiger partial charge in [-0.05, 0) is 7.05 Å².